The number of amides is 1. The summed E-state index contributed by atoms with van der Waals surface area (Å²) in [6.45, 7) is -4.39. The van der Waals surface area contributed by atoms with Crippen LogP contribution in [-0.4, -0.2) is 37.7 Å². The molecule has 0 radical (unpaired) electrons. The van der Waals surface area contributed by atoms with Crippen LogP contribution in [0.2, 0.25) is 5.02 Å². The van der Waals surface area contributed by atoms with E-state index in [0.29, 0.717) is 5.56 Å². The summed E-state index contributed by atoms with van der Waals surface area (Å²) in [5.74, 6) is -1.36. The molecule has 142 valence electrons. The van der Waals surface area contributed by atoms with Crippen molar-refractivity contribution in [3.8, 4) is 17.3 Å². The molecule has 2 N–H and O–H groups in total. The number of H-pyrrole nitrogens is 1. The maximum absolute atomic E-state index is 12.6. The third kappa shape index (κ3) is 4.27. The van der Waals surface area contributed by atoms with E-state index in [9.17, 15) is 9.59 Å². The van der Waals surface area contributed by atoms with E-state index < -0.39 is 31.1 Å². The number of carbonyl (C=O) groups excluding carboxylic acids is 2. The van der Waals surface area contributed by atoms with E-state index in [1.165, 1.54) is 31.3 Å². The second kappa shape index (κ2) is 8.06. The highest BCUT2D eigenvalue weighted by Gasteiger charge is 2.15. The number of hydrogen-bond donors (Lipinski definition) is 2. The van der Waals surface area contributed by atoms with Gasteiger partial charge in [-0.15, -0.1) is 0 Å². The summed E-state index contributed by atoms with van der Waals surface area (Å²) in [4.78, 5) is 23.9. The first-order chi connectivity index (χ1) is 15.3. The van der Waals surface area contributed by atoms with Crippen molar-refractivity contribution in [2.45, 2.75) is 26.3 Å². The van der Waals surface area contributed by atoms with Crippen LogP contribution in [0.15, 0.2) is 36.5 Å². The van der Waals surface area contributed by atoms with E-state index in [1.807, 2.05) is 6.07 Å². The van der Waals surface area contributed by atoms with Crippen molar-refractivity contribution >= 4 is 23.3 Å². The number of rotatable bonds is 6. The van der Waals surface area contributed by atoms with Crippen LogP contribution in [0.25, 0.3) is 11.3 Å². The Morgan fingerprint density at radius 2 is 2.29 bits per heavy atom. The van der Waals surface area contributed by atoms with Gasteiger partial charge in [0.05, 0.1) is 25.5 Å². The van der Waals surface area contributed by atoms with Crippen molar-refractivity contribution in [3.05, 3.63) is 58.5 Å². The Kier molecular flexibility index (Phi) is 3.94. The standard InChI is InChI=1S/C19H17ClN6O2/c1-11(22-19(28)18-8-17(12(2)27)23-24-18)10-26-6-5-16(25-26)13-3-4-14(9-21)15(20)7-13/h3-8,11H,10H2,1-2H3,(H,22,28)(H,23,24)/t11-/m0/s1/i1D3,10D2. The summed E-state index contributed by atoms with van der Waals surface area (Å²) in [6, 6.07) is 7.05. The Labute approximate surface area is 173 Å². The Balaban J connectivity index is 1.91. The zero-order valence-electron chi connectivity index (χ0n) is 19.5. The molecule has 28 heavy (non-hydrogen) atoms. The summed E-state index contributed by atoms with van der Waals surface area (Å²) in [7, 11) is 0. The predicted molar refractivity (Wildman–Crippen MR) is 103 cm³/mol. The van der Waals surface area contributed by atoms with Gasteiger partial charge in [-0.05, 0) is 31.1 Å². The van der Waals surface area contributed by atoms with Crippen molar-refractivity contribution < 1.29 is 16.4 Å². The number of carbonyl (C=O) groups is 2. The van der Waals surface area contributed by atoms with Gasteiger partial charge in [-0.3, -0.25) is 19.4 Å². The SMILES string of the molecule is [2H]C([2H])([2H])[C@H](NC(=O)c1cc(C(C)=O)n[nH]1)C([2H])([2H])n1ccc(-c2ccc(C#N)c(Cl)c2)n1. The number of nitrogens with zero attached hydrogens (tertiary/aromatic N) is 4. The lowest BCUT2D eigenvalue weighted by Gasteiger charge is -2.13. The van der Waals surface area contributed by atoms with Crippen LogP contribution in [-0.2, 0) is 6.50 Å². The molecule has 2 heterocycles. The van der Waals surface area contributed by atoms with Gasteiger partial charge in [0.2, 0.25) is 0 Å². The van der Waals surface area contributed by atoms with E-state index in [1.54, 1.807) is 6.07 Å². The van der Waals surface area contributed by atoms with Gasteiger partial charge in [-0.2, -0.15) is 15.5 Å². The van der Waals surface area contributed by atoms with Crippen LogP contribution in [0.4, 0.5) is 0 Å². The van der Waals surface area contributed by atoms with E-state index >= 15 is 0 Å². The largest absolute Gasteiger partial charge is 0.346 e. The molecule has 2 aromatic heterocycles. The van der Waals surface area contributed by atoms with Gasteiger partial charge in [-0.25, -0.2) is 0 Å². The molecular weight excluding hydrogens is 380 g/mol. The quantitative estimate of drug-likeness (QED) is 0.616. The molecule has 1 amide bonds. The molecule has 0 aliphatic rings. The average molecular weight is 402 g/mol. The molecular formula is C19H17ClN6O2. The third-order valence-corrected chi connectivity index (χ3v) is 4.01. The number of Topliss-reactive ketones (excluding diaryl/α,β-unsaturated/α-hetero) is 1. The highest BCUT2D eigenvalue weighted by atomic mass is 35.5. The lowest BCUT2D eigenvalue weighted by atomic mass is 10.1. The van der Waals surface area contributed by atoms with Gasteiger partial charge >= 0.3 is 0 Å². The summed E-state index contributed by atoms with van der Waals surface area (Å²) in [6.07, 6.45) is 1.23. The molecule has 9 heteroatoms. The van der Waals surface area contributed by atoms with Crippen molar-refractivity contribution in [2.75, 3.05) is 0 Å². The number of benzene rings is 1. The molecule has 1 atom stereocenters. The fourth-order valence-electron chi connectivity index (χ4n) is 2.31. The molecule has 0 saturated heterocycles. The molecule has 0 bridgehead atoms. The minimum Gasteiger partial charge on any atom is -0.346 e. The van der Waals surface area contributed by atoms with Crippen LogP contribution in [0.3, 0.4) is 0 Å². The summed E-state index contributed by atoms with van der Waals surface area (Å²) >= 11 is 6.04. The molecule has 3 rings (SSSR count). The Morgan fingerprint density at radius 1 is 1.46 bits per heavy atom. The smallest absolute Gasteiger partial charge is 0.269 e. The predicted octanol–water partition coefficient (Wildman–Crippen LogP) is 2.82. The van der Waals surface area contributed by atoms with Crippen LogP contribution in [0, 0.1) is 11.3 Å². The van der Waals surface area contributed by atoms with Crippen molar-refractivity contribution in [1.82, 2.24) is 25.3 Å². The lowest BCUT2D eigenvalue weighted by Crippen LogP contribution is -2.36. The topological polar surface area (TPSA) is 116 Å². The Bertz CT molecular complexity index is 1260. The van der Waals surface area contributed by atoms with Gasteiger partial charge in [0.15, 0.2) is 5.78 Å². The third-order valence-electron chi connectivity index (χ3n) is 3.69. The van der Waals surface area contributed by atoms with Crippen LogP contribution in [0.5, 0.6) is 0 Å². The first kappa shape index (κ1) is 13.7. The molecule has 8 nitrogen and oxygen atoms in total. The highest BCUT2D eigenvalue weighted by Crippen LogP contribution is 2.24. The summed E-state index contributed by atoms with van der Waals surface area (Å²) in [5.41, 5.74) is 0.801. The van der Waals surface area contributed by atoms with Crippen molar-refractivity contribution in [1.29, 1.82) is 5.26 Å². The van der Waals surface area contributed by atoms with Crippen LogP contribution < -0.4 is 5.32 Å². The molecule has 0 saturated carbocycles. The zero-order valence-corrected chi connectivity index (χ0v) is 15.3. The van der Waals surface area contributed by atoms with Gasteiger partial charge in [0, 0.05) is 28.8 Å². The molecule has 0 unspecified atom stereocenters. The summed E-state index contributed by atoms with van der Waals surface area (Å²) in [5, 5.41) is 21.5. The fraction of sp³-hybridized carbons (Fsp3) is 0.211. The molecule has 3 aromatic rings. The second-order valence-corrected chi connectivity index (χ2v) is 6.12. The van der Waals surface area contributed by atoms with Gasteiger partial charge in [0.1, 0.15) is 17.5 Å². The second-order valence-electron chi connectivity index (χ2n) is 5.71. The number of nitriles is 1. The van der Waals surface area contributed by atoms with Crippen LogP contribution in [0.1, 0.15) is 47.2 Å². The maximum atomic E-state index is 12.6. The molecule has 0 aliphatic carbocycles. The molecule has 0 fully saturated rings. The monoisotopic (exact) mass is 401 g/mol. The van der Waals surface area contributed by atoms with Crippen molar-refractivity contribution in [3.63, 3.8) is 0 Å². The fourth-order valence-corrected chi connectivity index (χ4v) is 2.53. The van der Waals surface area contributed by atoms with E-state index in [0.717, 1.165) is 10.7 Å². The first-order valence-electron chi connectivity index (χ1n) is 10.5. The average Bonchev–Trinajstić information content (AvgIpc) is 3.41. The Hall–Kier alpha value is -3.44. The maximum Gasteiger partial charge on any atom is 0.269 e. The highest BCUT2D eigenvalue weighted by molar-refractivity contribution is 6.32. The Morgan fingerprint density at radius 3 is 2.93 bits per heavy atom. The number of hydrogen-bond acceptors (Lipinski definition) is 5. The minimum absolute atomic E-state index is 0.0219. The first-order valence-corrected chi connectivity index (χ1v) is 8.35. The zero-order chi connectivity index (χ0) is 24.6. The van der Waals surface area contributed by atoms with Gasteiger partial charge < -0.3 is 5.32 Å². The number of ketones is 1. The minimum atomic E-state index is -2.95. The van der Waals surface area contributed by atoms with E-state index in [2.05, 4.69) is 20.6 Å². The van der Waals surface area contributed by atoms with Gasteiger partial charge in [-0.1, -0.05) is 17.7 Å². The van der Waals surface area contributed by atoms with Gasteiger partial charge in [0.25, 0.3) is 5.91 Å². The van der Waals surface area contributed by atoms with Crippen LogP contribution >= 0.6 is 11.6 Å². The number of halogens is 1. The lowest BCUT2D eigenvalue weighted by molar-refractivity contribution is 0.0930. The van der Waals surface area contributed by atoms with E-state index in [4.69, 9.17) is 23.7 Å². The molecule has 1 aromatic carbocycles. The normalized spacial score (nSPS) is 15.2. The number of aromatic nitrogens is 4. The molecule has 0 aliphatic heterocycles. The van der Waals surface area contributed by atoms with E-state index in [-0.39, 0.29) is 27.7 Å². The number of nitrogens with one attached hydrogen (secondary N) is 2. The molecule has 0 spiro atoms. The van der Waals surface area contributed by atoms with Crippen molar-refractivity contribution in [2.24, 2.45) is 0 Å². The summed E-state index contributed by atoms with van der Waals surface area (Å²) < 4.78 is 41.0. The number of aromatic amines is 1.